The van der Waals surface area contributed by atoms with E-state index in [1.165, 1.54) is 0 Å². The fraction of sp³-hybridized carbons (Fsp3) is 0.300. The van der Waals surface area contributed by atoms with Crippen LogP contribution in [0.25, 0.3) is 0 Å². The Morgan fingerprint density at radius 3 is 2.37 bits per heavy atom. The number of amides is 1. The van der Waals surface area contributed by atoms with Crippen LogP contribution < -0.4 is 9.64 Å². The summed E-state index contributed by atoms with van der Waals surface area (Å²) < 4.78 is 10.5. The van der Waals surface area contributed by atoms with Crippen molar-refractivity contribution in [3.63, 3.8) is 0 Å². The largest absolute Gasteiger partial charge is 0.495 e. The van der Waals surface area contributed by atoms with E-state index >= 15 is 0 Å². The number of carbonyl (C=O) groups is 2. The van der Waals surface area contributed by atoms with Gasteiger partial charge in [-0.05, 0) is 24.3 Å². The summed E-state index contributed by atoms with van der Waals surface area (Å²) in [6.07, 6.45) is 0. The molecule has 1 amide bonds. The lowest BCUT2D eigenvalue weighted by Crippen LogP contribution is -2.50. The average Bonchev–Trinajstić information content (AvgIpc) is 2.72. The summed E-state index contributed by atoms with van der Waals surface area (Å²) in [7, 11) is 1.64. The number of ether oxygens (including phenoxy) is 2. The van der Waals surface area contributed by atoms with Crippen molar-refractivity contribution >= 4 is 29.2 Å². The third-order valence-corrected chi connectivity index (χ3v) is 4.81. The monoisotopic (exact) mass is 388 g/mol. The Bertz CT molecular complexity index is 819. The van der Waals surface area contributed by atoms with Crippen LogP contribution in [0.5, 0.6) is 5.75 Å². The minimum Gasteiger partial charge on any atom is -0.495 e. The molecule has 0 aromatic heterocycles. The molecule has 1 aliphatic rings. The Morgan fingerprint density at radius 2 is 1.67 bits per heavy atom. The molecule has 3 rings (SSSR count). The highest BCUT2D eigenvalue weighted by atomic mass is 35.5. The van der Waals surface area contributed by atoms with E-state index in [1.54, 1.807) is 36.3 Å². The first-order valence-electron chi connectivity index (χ1n) is 8.67. The minimum atomic E-state index is -0.596. The molecule has 0 bridgehead atoms. The zero-order valence-electron chi connectivity index (χ0n) is 15.1. The summed E-state index contributed by atoms with van der Waals surface area (Å²) in [6, 6.07) is 14.4. The van der Waals surface area contributed by atoms with Crippen LogP contribution in [0.3, 0.4) is 0 Å². The van der Waals surface area contributed by atoms with Gasteiger partial charge in [-0.3, -0.25) is 4.79 Å². The highest BCUT2D eigenvalue weighted by Crippen LogP contribution is 2.28. The van der Waals surface area contributed by atoms with Gasteiger partial charge in [0.25, 0.3) is 5.91 Å². The first kappa shape index (κ1) is 19.0. The number of nitrogens with zero attached hydrogens (tertiary/aromatic N) is 2. The van der Waals surface area contributed by atoms with Crippen molar-refractivity contribution in [2.75, 3.05) is 44.8 Å². The van der Waals surface area contributed by atoms with Gasteiger partial charge >= 0.3 is 5.97 Å². The van der Waals surface area contributed by atoms with E-state index in [1.807, 2.05) is 24.3 Å². The number of hydrogen-bond donors (Lipinski definition) is 0. The van der Waals surface area contributed by atoms with Crippen LogP contribution in [-0.4, -0.2) is 56.7 Å². The summed E-state index contributed by atoms with van der Waals surface area (Å²) in [6.45, 7) is 2.19. The molecule has 0 saturated carbocycles. The summed E-state index contributed by atoms with van der Waals surface area (Å²) in [5, 5.41) is 0.306. The first-order chi connectivity index (χ1) is 13.1. The second-order valence-corrected chi connectivity index (χ2v) is 6.50. The Hall–Kier alpha value is -2.73. The quantitative estimate of drug-likeness (QED) is 0.737. The molecule has 1 aliphatic heterocycles. The van der Waals surface area contributed by atoms with Crippen LogP contribution in [0.15, 0.2) is 48.5 Å². The zero-order chi connectivity index (χ0) is 19.2. The van der Waals surface area contributed by atoms with E-state index < -0.39 is 5.97 Å². The summed E-state index contributed by atoms with van der Waals surface area (Å²) in [5.41, 5.74) is 1.27. The number of para-hydroxylation sites is 2. The Labute approximate surface area is 163 Å². The lowest BCUT2D eigenvalue weighted by molar-refractivity contribution is -0.134. The highest BCUT2D eigenvalue weighted by Gasteiger charge is 2.24. The SMILES string of the molecule is COc1ccccc1N1CCN(C(=O)COC(=O)c2ccccc2Cl)CC1. The van der Waals surface area contributed by atoms with Gasteiger partial charge in [0.05, 0.1) is 23.4 Å². The fourth-order valence-corrected chi connectivity index (χ4v) is 3.22. The van der Waals surface area contributed by atoms with Gasteiger partial charge in [-0.25, -0.2) is 4.79 Å². The van der Waals surface area contributed by atoms with Crippen LogP contribution in [0.1, 0.15) is 10.4 Å². The molecule has 0 aliphatic carbocycles. The lowest BCUT2D eigenvalue weighted by atomic mass is 10.2. The number of benzene rings is 2. The maximum absolute atomic E-state index is 12.4. The number of halogens is 1. The fourth-order valence-electron chi connectivity index (χ4n) is 3.01. The van der Waals surface area contributed by atoms with Crippen LogP contribution in [0.2, 0.25) is 5.02 Å². The Balaban J connectivity index is 1.51. The molecule has 2 aromatic rings. The topological polar surface area (TPSA) is 59.1 Å². The minimum absolute atomic E-state index is 0.213. The smallest absolute Gasteiger partial charge is 0.340 e. The molecule has 27 heavy (non-hydrogen) atoms. The van der Waals surface area contributed by atoms with Gasteiger partial charge in [-0.15, -0.1) is 0 Å². The molecule has 142 valence electrons. The molecular formula is C20H21ClN2O4. The van der Waals surface area contributed by atoms with Crippen molar-refractivity contribution in [1.82, 2.24) is 4.90 Å². The van der Waals surface area contributed by atoms with Crippen LogP contribution in [-0.2, 0) is 9.53 Å². The normalized spacial score (nSPS) is 14.0. The molecule has 6 nitrogen and oxygen atoms in total. The van der Waals surface area contributed by atoms with Crippen LogP contribution in [0.4, 0.5) is 5.69 Å². The average molecular weight is 389 g/mol. The molecule has 7 heteroatoms. The van der Waals surface area contributed by atoms with E-state index in [0.717, 1.165) is 11.4 Å². The lowest BCUT2D eigenvalue weighted by Gasteiger charge is -2.36. The number of esters is 1. The van der Waals surface area contributed by atoms with Gasteiger partial charge in [0, 0.05) is 26.2 Å². The predicted octanol–water partition coefficient (Wildman–Crippen LogP) is 2.85. The highest BCUT2D eigenvalue weighted by molar-refractivity contribution is 6.33. The van der Waals surface area contributed by atoms with E-state index in [9.17, 15) is 9.59 Å². The van der Waals surface area contributed by atoms with Crippen molar-refractivity contribution in [3.8, 4) is 5.75 Å². The van der Waals surface area contributed by atoms with Crippen molar-refractivity contribution in [3.05, 3.63) is 59.1 Å². The standard InChI is InChI=1S/C20H21ClN2O4/c1-26-18-9-5-4-8-17(18)22-10-12-23(13-11-22)19(24)14-27-20(25)15-6-2-3-7-16(15)21/h2-9H,10-14H2,1H3. The number of carbonyl (C=O) groups excluding carboxylic acids is 2. The molecule has 1 heterocycles. The number of piperazine rings is 1. The van der Waals surface area contributed by atoms with Gasteiger partial charge in [-0.2, -0.15) is 0 Å². The molecule has 1 saturated heterocycles. The molecular weight excluding hydrogens is 368 g/mol. The van der Waals surface area contributed by atoms with E-state index in [-0.39, 0.29) is 18.1 Å². The second-order valence-electron chi connectivity index (χ2n) is 6.10. The van der Waals surface area contributed by atoms with Gasteiger partial charge in [0.2, 0.25) is 0 Å². The van der Waals surface area contributed by atoms with Gasteiger partial charge < -0.3 is 19.3 Å². The van der Waals surface area contributed by atoms with Crippen molar-refractivity contribution in [2.24, 2.45) is 0 Å². The molecule has 0 radical (unpaired) electrons. The summed E-state index contributed by atoms with van der Waals surface area (Å²) in [5.74, 6) is 0.00244. The molecule has 0 unspecified atom stereocenters. The molecule has 2 aromatic carbocycles. The van der Waals surface area contributed by atoms with Gasteiger partial charge in [0.15, 0.2) is 6.61 Å². The first-order valence-corrected chi connectivity index (χ1v) is 9.05. The van der Waals surface area contributed by atoms with Gasteiger partial charge in [-0.1, -0.05) is 35.9 Å². The van der Waals surface area contributed by atoms with Crippen molar-refractivity contribution in [2.45, 2.75) is 0 Å². The number of methoxy groups -OCH3 is 1. The van der Waals surface area contributed by atoms with E-state index in [0.29, 0.717) is 31.2 Å². The summed E-state index contributed by atoms with van der Waals surface area (Å²) in [4.78, 5) is 28.3. The Kier molecular flexibility index (Phi) is 6.19. The number of anilines is 1. The molecule has 0 atom stereocenters. The van der Waals surface area contributed by atoms with Crippen LogP contribution in [0, 0.1) is 0 Å². The molecule has 0 N–H and O–H groups in total. The Morgan fingerprint density at radius 1 is 1.00 bits per heavy atom. The molecule has 1 fully saturated rings. The van der Waals surface area contributed by atoms with Crippen LogP contribution >= 0.6 is 11.6 Å². The summed E-state index contributed by atoms with van der Waals surface area (Å²) >= 11 is 5.97. The number of hydrogen-bond acceptors (Lipinski definition) is 5. The third kappa shape index (κ3) is 4.52. The maximum atomic E-state index is 12.4. The van der Waals surface area contributed by atoms with E-state index in [2.05, 4.69) is 4.90 Å². The number of rotatable bonds is 5. The third-order valence-electron chi connectivity index (χ3n) is 4.48. The zero-order valence-corrected chi connectivity index (χ0v) is 15.8. The maximum Gasteiger partial charge on any atom is 0.340 e. The molecule has 0 spiro atoms. The predicted molar refractivity (Wildman–Crippen MR) is 104 cm³/mol. The van der Waals surface area contributed by atoms with E-state index in [4.69, 9.17) is 21.1 Å². The van der Waals surface area contributed by atoms with Crippen molar-refractivity contribution in [1.29, 1.82) is 0 Å². The van der Waals surface area contributed by atoms with Crippen molar-refractivity contribution < 1.29 is 19.1 Å². The van der Waals surface area contributed by atoms with Gasteiger partial charge in [0.1, 0.15) is 5.75 Å². The second kappa shape index (κ2) is 8.77.